The molecule has 0 aromatic carbocycles. The van der Waals surface area contributed by atoms with Gasteiger partial charge in [-0.3, -0.25) is 9.59 Å². The molecule has 0 saturated carbocycles. The first-order chi connectivity index (χ1) is 23.6. The molecule has 0 bridgehead atoms. The Bertz CT molecular complexity index is 895. The third-order valence-corrected chi connectivity index (χ3v) is 7.99. The van der Waals surface area contributed by atoms with Crippen molar-refractivity contribution in [1.82, 2.24) is 0 Å². The van der Waals surface area contributed by atoms with Crippen molar-refractivity contribution in [3.63, 3.8) is 0 Å². The molecule has 0 aliphatic carbocycles. The topological polar surface area (TPSA) is 72.8 Å². The van der Waals surface area contributed by atoms with E-state index in [0.29, 0.717) is 12.8 Å². The third kappa shape index (κ3) is 36.2. The van der Waals surface area contributed by atoms with Crippen LogP contribution in [-0.2, 0) is 19.1 Å². The molecule has 0 aliphatic heterocycles. The summed E-state index contributed by atoms with van der Waals surface area (Å²) in [7, 11) is 0. The van der Waals surface area contributed by atoms with E-state index in [-0.39, 0.29) is 25.6 Å². The molecule has 1 atom stereocenters. The summed E-state index contributed by atoms with van der Waals surface area (Å²) >= 11 is 0. The van der Waals surface area contributed by atoms with E-state index in [0.717, 1.165) is 51.4 Å². The molecule has 0 aromatic rings. The second-order valence-electron chi connectivity index (χ2n) is 12.6. The fourth-order valence-corrected chi connectivity index (χ4v) is 5.00. The van der Waals surface area contributed by atoms with Crippen molar-refractivity contribution in [2.75, 3.05) is 13.2 Å². The molecule has 0 aromatic heterocycles. The fourth-order valence-electron chi connectivity index (χ4n) is 5.00. The summed E-state index contributed by atoms with van der Waals surface area (Å²) < 4.78 is 10.5. The van der Waals surface area contributed by atoms with E-state index in [1.807, 2.05) is 12.2 Å². The zero-order valence-corrected chi connectivity index (χ0v) is 31.0. The minimum absolute atomic E-state index is 0.103. The van der Waals surface area contributed by atoms with Crippen LogP contribution in [0.4, 0.5) is 0 Å². The minimum Gasteiger partial charge on any atom is -0.462 e. The van der Waals surface area contributed by atoms with Gasteiger partial charge in [0.15, 0.2) is 6.10 Å². The second-order valence-corrected chi connectivity index (χ2v) is 12.6. The molecule has 1 N–H and O–H groups in total. The summed E-state index contributed by atoms with van der Waals surface area (Å²) in [5.41, 5.74) is 0. The Labute approximate surface area is 295 Å². The zero-order chi connectivity index (χ0) is 35.0. The Morgan fingerprint density at radius 1 is 0.479 bits per heavy atom. The average molecular weight is 669 g/mol. The number of allylic oxidation sites excluding steroid dienone is 12. The molecular weight excluding hydrogens is 596 g/mol. The molecular formula is C43H72O5. The average Bonchev–Trinajstić information content (AvgIpc) is 3.09. The number of unbranched alkanes of at least 4 members (excludes halogenated alkanes) is 14. The van der Waals surface area contributed by atoms with Gasteiger partial charge in [0.25, 0.3) is 0 Å². The van der Waals surface area contributed by atoms with Gasteiger partial charge in [0.05, 0.1) is 6.61 Å². The summed E-state index contributed by atoms with van der Waals surface area (Å²) in [6, 6.07) is 0. The van der Waals surface area contributed by atoms with Gasteiger partial charge in [-0.25, -0.2) is 0 Å². The number of aliphatic hydroxyl groups is 1. The van der Waals surface area contributed by atoms with Crippen LogP contribution in [0, 0.1) is 0 Å². The first-order valence-electron chi connectivity index (χ1n) is 19.5. The van der Waals surface area contributed by atoms with E-state index < -0.39 is 12.1 Å². The van der Waals surface area contributed by atoms with Crippen molar-refractivity contribution < 1.29 is 24.2 Å². The van der Waals surface area contributed by atoms with Crippen molar-refractivity contribution in [2.24, 2.45) is 0 Å². The van der Waals surface area contributed by atoms with Gasteiger partial charge >= 0.3 is 11.9 Å². The molecule has 5 nitrogen and oxygen atoms in total. The quantitative estimate of drug-likeness (QED) is 0.0420. The van der Waals surface area contributed by atoms with Crippen LogP contribution in [0.3, 0.4) is 0 Å². The Morgan fingerprint density at radius 3 is 1.40 bits per heavy atom. The number of ether oxygens (including phenoxy) is 2. The van der Waals surface area contributed by atoms with Gasteiger partial charge in [0, 0.05) is 12.8 Å². The highest BCUT2D eigenvalue weighted by atomic mass is 16.6. The molecule has 0 unspecified atom stereocenters. The molecule has 0 rings (SSSR count). The summed E-state index contributed by atoms with van der Waals surface area (Å²) in [6.07, 6.45) is 51.1. The van der Waals surface area contributed by atoms with E-state index in [1.54, 1.807) is 0 Å². The largest absolute Gasteiger partial charge is 0.462 e. The normalized spacial score (nSPS) is 13.0. The van der Waals surface area contributed by atoms with Crippen LogP contribution in [0.1, 0.15) is 168 Å². The van der Waals surface area contributed by atoms with Crippen LogP contribution < -0.4 is 0 Å². The zero-order valence-electron chi connectivity index (χ0n) is 31.0. The third-order valence-electron chi connectivity index (χ3n) is 7.99. The lowest BCUT2D eigenvalue weighted by Crippen LogP contribution is -2.28. The lowest BCUT2D eigenvalue weighted by molar-refractivity contribution is -0.161. The lowest BCUT2D eigenvalue weighted by atomic mass is 10.1. The first kappa shape index (κ1) is 45.3. The number of hydrogen-bond donors (Lipinski definition) is 1. The molecule has 274 valence electrons. The number of esters is 2. The van der Waals surface area contributed by atoms with Gasteiger partial charge in [0.1, 0.15) is 6.61 Å². The Hall–Kier alpha value is -2.66. The van der Waals surface area contributed by atoms with Crippen molar-refractivity contribution in [1.29, 1.82) is 0 Å². The molecule has 0 amide bonds. The van der Waals surface area contributed by atoms with E-state index >= 15 is 0 Å². The smallest absolute Gasteiger partial charge is 0.306 e. The van der Waals surface area contributed by atoms with E-state index in [1.165, 1.54) is 83.5 Å². The van der Waals surface area contributed by atoms with Gasteiger partial charge in [-0.2, -0.15) is 0 Å². The van der Waals surface area contributed by atoms with Crippen LogP contribution in [0.5, 0.6) is 0 Å². The van der Waals surface area contributed by atoms with Gasteiger partial charge in [0.2, 0.25) is 0 Å². The second kappa shape index (κ2) is 38.8. The van der Waals surface area contributed by atoms with Crippen molar-refractivity contribution >= 4 is 11.9 Å². The summed E-state index contributed by atoms with van der Waals surface area (Å²) in [5.74, 6) is -0.702. The number of carbonyl (C=O) groups excluding carboxylic acids is 2. The molecule has 0 fully saturated rings. The molecule has 5 heteroatoms. The highest BCUT2D eigenvalue weighted by Crippen LogP contribution is 2.11. The predicted octanol–water partition coefficient (Wildman–Crippen LogP) is 12.2. The fraction of sp³-hybridized carbons (Fsp3) is 0.674. The molecule has 48 heavy (non-hydrogen) atoms. The SMILES string of the molecule is CCCCC/C=C\C/C=C\C/C=C\C/C=C\C/C=C\CCC(=O)O[C@@H](CO)COC(=O)CCCCCCC/C=C\CCCCCCCC. The van der Waals surface area contributed by atoms with Crippen LogP contribution >= 0.6 is 0 Å². The molecule has 0 radical (unpaired) electrons. The standard InChI is InChI=1S/C43H72O5/c1-3-5-7-9-11-13-15-17-19-20-21-22-24-26-28-30-32-34-36-38-43(46)48-41(39-44)40-47-42(45)37-35-33-31-29-27-25-23-18-16-14-12-10-8-6-4-2/h11,13,17-19,21-23,26,28,32,34,41,44H,3-10,12,14-16,20,24-25,27,29-31,33,35-40H2,1-2H3/b13-11-,19-17-,22-21-,23-18-,28-26-,34-32-/t41-/m0/s1. The van der Waals surface area contributed by atoms with Crippen molar-refractivity contribution in [3.05, 3.63) is 72.9 Å². The van der Waals surface area contributed by atoms with Gasteiger partial charge in [-0.1, -0.05) is 151 Å². The molecule has 0 saturated heterocycles. The highest BCUT2D eigenvalue weighted by molar-refractivity contribution is 5.70. The summed E-state index contributed by atoms with van der Waals surface area (Å²) in [4.78, 5) is 24.2. The highest BCUT2D eigenvalue weighted by Gasteiger charge is 2.15. The molecule has 0 spiro atoms. The van der Waals surface area contributed by atoms with E-state index in [9.17, 15) is 14.7 Å². The van der Waals surface area contributed by atoms with Crippen LogP contribution in [0.2, 0.25) is 0 Å². The molecule has 0 aliphatic rings. The number of carbonyl (C=O) groups is 2. The maximum atomic E-state index is 12.1. The first-order valence-corrected chi connectivity index (χ1v) is 19.5. The van der Waals surface area contributed by atoms with Crippen LogP contribution in [0.25, 0.3) is 0 Å². The van der Waals surface area contributed by atoms with Gasteiger partial charge in [-0.15, -0.1) is 0 Å². The summed E-state index contributed by atoms with van der Waals surface area (Å²) in [6.45, 7) is 4.02. The molecule has 0 heterocycles. The van der Waals surface area contributed by atoms with Crippen molar-refractivity contribution in [2.45, 2.75) is 174 Å². The lowest BCUT2D eigenvalue weighted by Gasteiger charge is -2.15. The van der Waals surface area contributed by atoms with Gasteiger partial charge in [-0.05, 0) is 77.0 Å². The summed E-state index contributed by atoms with van der Waals surface area (Å²) in [5, 5.41) is 9.53. The Balaban J connectivity index is 3.73. The van der Waals surface area contributed by atoms with Gasteiger partial charge < -0.3 is 14.6 Å². The predicted molar refractivity (Wildman–Crippen MR) is 205 cm³/mol. The van der Waals surface area contributed by atoms with Crippen LogP contribution in [-0.4, -0.2) is 36.4 Å². The maximum absolute atomic E-state index is 12.1. The van der Waals surface area contributed by atoms with Crippen molar-refractivity contribution in [3.8, 4) is 0 Å². The number of hydrogen-bond acceptors (Lipinski definition) is 5. The maximum Gasteiger partial charge on any atom is 0.306 e. The van der Waals surface area contributed by atoms with E-state index in [2.05, 4.69) is 74.6 Å². The minimum atomic E-state index is -0.817. The Kier molecular flexibility index (Phi) is 36.6. The monoisotopic (exact) mass is 669 g/mol. The van der Waals surface area contributed by atoms with E-state index in [4.69, 9.17) is 9.47 Å². The number of aliphatic hydroxyl groups excluding tert-OH is 1. The Morgan fingerprint density at radius 2 is 0.875 bits per heavy atom. The number of rotatable bonds is 34. The van der Waals surface area contributed by atoms with Crippen LogP contribution in [0.15, 0.2) is 72.9 Å².